The van der Waals surface area contributed by atoms with Crippen molar-refractivity contribution < 1.29 is 19.7 Å². The van der Waals surface area contributed by atoms with Crippen molar-refractivity contribution in [3.63, 3.8) is 0 Å². The van der Waals surface area contributed by atoms with Gasteiger partial charge in [0, 0.05) is 24.0 Å². The lowest BCUT2D eigenvalue weighted by molar-refractivity contribution is -0.0930. The van der Waals surface area contributed by atoms with Crippen LogP contribution in [0.4, 0.5) is 0 Å². The number of aromatic hydroxyl groups is 1. The predicted octanol–water partition coefficient (Wildman–Crippen LogP) is 6.89. The molecule has 1 aromatic carbocycles. The molecule has 3 rings (SSSR count). The fourth-order valence-corrected chi connectivity index (χ4v) is 6.42. The molecule has 6 atom stereocenters. The van der Waals surface area contributed by atoms with Crippen LogP contribution in [0.5, 0.6) is 11.5 Å². The van der Waals surface area contributed by atoms with Gasteiger partial charge < -0.3 is 19.7 Å². The van der Waals surface area contributed by atoms with Crippen molar-refractivity contribution in [2.75, 3.05) is 14.2 Å². The number of benzene rings is 1. The van der Waals surface area contributed by atoms with Crippen LogP contribution in [-0.2, 0) is 16.6 Å². The second-order valence-electron chi connectivity index (χ2n) is 9.08. The molecule has 2 aliphatic rings. The number of hydrogen-bond acceptors (Lipinski definition) is 4. The molecule has 0 spiro atoms. The molecular weight excluding hydrogens is 400 g/mol. The number of methoxy groups -OCH3 is 2. The van der Waals surface area contributed by atoms with Crippen molar-refractivity contribution in [3.8, 4) is 11.5 Å². The number of aliphatic hydroxyl groups excluding tert-OH is 1. The summed E-state index contributed by atoms with van der Waals surface area (Å²) in [5.41, 5.74) is 2.21. The smallest absolute Gasteiger partial charge is 0.161 e. The number of phenols is 1. The van der Waals surface area contributed by atoms with E-state index in [0.29, 0.717) is 23.3 Å². The summed E-state index contributed by atoms with van der Waals surface area (Å²) in [6, 6.07) is 4.03. The Bertz CT molecular complexity index is 674. The zero-order valence-electron chi connectivity index (χ0n) is 22.2. The van der Waals surface area contributed by atoms with E-state index in [2.05, 4.69) is 26.8 Å². The topological polar surface area (TPSA) is 58.9 Å². The van der Waals surface area contributed by atoms with Crippen LogP contribution in [0, 0.1) is 17.8 Å². The van der Waals surface area contributed by atoms with Gasteiger partial charge in [0.2, 0.25) is 0 Å². The number of phenolic OH excluding ortho intramolecular Hbond substituents is 1. The van der Waals surface area contributed by atoms with Gasteiger partial charge in [0.1, 0.15) is 0 Å². The van der Waals surface area contributed by atoms with Crippen molar-refractivity contribution in [1.29, 1.82) is 0 Å². The molecule has 2 N–H and O–H groups in total. The number of hydrogen-bond donors (Lipinski definition) is 2. The molecule has 4 heteroatoms. The molecular formula is C28H50O4. The van der Waals surface area contributed by atoms with Gasteiger partial charge in [0.25, 0.3) is 0 Å². The Hall–Kier alpha value is -1.26. The van der Waals surface area contributed by atoms with Crippen molar-refractivity contribution >= 4 is 0 Å². The summed E-state index contributed by atoms with van der Waals surface area (Å²) in [5.74, 6) is 1.98. The first-order chi connectivity index (χ1) is 15.4. The summed E-state index contributed by atoms with van der Waals surface area (Å²) in [6.07, 6.45) is 6.34. The molecule has 0 aromatic heterocycles. The van der Waals surface area contributed by atoms with Gasteiger partial charge in [0.05, 0.1) is 19.3 Å². The van der Waals surface area contributed by atoms with E-state index in [1.165, 1.54) is 5.56 Å². The number of rotatable bonds is 7. The van der Waals surface area contributed by atoms with Gasteiger partial charge in [0.15, 0.2) is 11.5 Å². The standard InChI is InChI=1S/C24H38O4.2C2H6/c1-6-8-19(25)17-13-18-15(3)12-16-9-10-20(27-4)23(26)22(16)24(18,11-7-2)14-21(17)28-5;2*1-2/h9-10,15,17-19,21,25-26H,6-8,11-14H2,1-5H3;2*1-2H3/t15?,17?,18?,19?,21?,24-;;/m0../s1. The second-order valence-corrected chi connectivity index (χ2v) is 9.08. The summed E-state index contributed by atoms with van der Waals surface area (Å²) >= 11 is 0. The Morgan fingerprint density at radius 2 is 1.75 bits per heavy atom. The molecule has 0 amide bonds. The van der Waals surface area contributed by atoms with Gasteiger partial charge in [-0.3, -0.25) is 0 Å². The van der Waals surface area contributed by atoms with E-state index < -0.39 is 0 Å². The minimum atomic E-state index is -0.318. The summed E-state index contributed by atoms with van der Waals surface area (Å²) < 4.78 is 11.4. The summed E-state index contributed by atoms with van der Waals surface area (Å²) in [6.45, 7) is 14.7. The molecule has 1 aromatic rings. The van der Waals surface area contributed by atoms with Gasteiger partial charge in [-0.2, -0.15) is 0 Å². The molecule has 0 heterocycles. The molecule has 0 saturated heterocycles. The first kappa shape index (κ1) is 28.8. The SMILES string of the molecule is CC.CC.CCCC(O)C1CC2C(C)Cc3ccc(OC)c(O)c3[C@@]2(CCC)CC1OC. The van der Waals surface area contributed by atoms with Gasteiger partial charge in [-0.1, -0.05) is 67.4 Å². The van der Waals surface area contributed by atoms with Crippen molar-refractivity contribution in [1.82, 2.24) is 0 Å². The van der Waals surface area contributed by atoms with Crippen LogP contribution in [0.1, 0.15) is 98.1 Å². The second kappa shape index (κ2) is 13.4. The van der Waals surface area contributed by atoms with Crippen molar-refractivity contribution in [2.45, 2.75) is 111 Å². The maximum absolute atomic E-state index is 11.2. The Morgan fingerprint density at radius 3 is 2.28 bits per heavy atom. The van der Waals surface area contributed by atoms with E-state index in [0.717, 1.165) is 50.5 Å². The van der Waals surface area contributed by atoms with Crippen LogP contribution in [0.3, 0.4) is 0 Å². The third kappa shape index (κ3) is 5.44. The van der Waals surface area contributed by atoms with Crippen LogP contribution >= 0.6 is 0 Å². The van der Waals surface area contributed by atoms with E-state index in [9.17, 15) is 10.2 Å². The molecule has 0 radical (unpaired) electrons. The van der Waals surface area contributed by atoms with E-state index in [1.807, 2.05) is 33.8 Å². The lowest BCUT2D eigenvalue weighted by Crippen LogP contribution is -2.54. The lowest BCUT2D eigenvalue weighted by atomic mass is 9.50. The summed E-state index contributed by atoms with van der Waals surface area (Å²) in [4.78, 5) is 0. The fourth-order valence-electron chi connectivity index (χ4n) is 6.42. The monoisotopic (exact) mass is 450 g/mol. The zero-order valence-corrected chi connectivity index (χ0v) is 22.2. The molecule has 0 bridgehead atoms. The minimum absolute atomic E-state index is 0.00750. The molecule has 2 aliphatic carbocycles. The first-order valence-electron chi connectivity index (χ1n) is 13.0. The Kier molecular flexibility index (Phi) is 12.1. The van der Waals surface area contributed by atoms with Gasteiger partial charge in [-0.05, 0) is 55.6 Å². The number of ether oxygens (including phenoxy) is 2. The van der Waals surface area contributed by atoms with Crippen molar-refractivity contribution in [3.05, 3.63) is 23.3 Å². The Labute approximate surface area is 197 Å². The lowest BCUT2D eigenvalue weighted by Gasteiger charge is -2.56. The third-order valence-corrected chi connectivity index (χ3v) is 7.53. The number of aliphatic hydroxyl groups is 1. The van der Waals surface area contributed by atoms with Crippen LogP contribution in [0.15, 0.2) is 12.1 Å². The maximum atomic E-state index is 11.2. The summed E-state index contributed by atoms with van der Waals surface area (Å²) in [5, 5.41) is 22.0. The van der Waals surface area contributed by atoms with Crippen LogP contribution in [-0.4, -0.2) is 36.6 Å². The first-order valence-corrected chi connectivity index (χ1v) is 13.0. The predicted molar refractivity (Wildman–Crippen MR) is 135 cm³/mol. The Morgan fingerprint density at radius 1 is 1.09 bits per heavy atom. The quantitative estimate of drug-likeness (QED) is 0.475. The largest absolute Gasteiger partial charge is 0.504 e. The molecule has 4 nitrogen and oxygen atoms in total. The van der Waals surface area contributed by atoms with E-state index >= 15 is 0 Å². The van der Waals surface area contributed by atoms with Crippen molar-refractivity contribution in [2.24, 2.45) is 17.8 Å². The highest BCUT2D eigenvalue weighted by atomic mass is 16.5. The number of fused-ring (bicyclic) bond motifs is 3. The van der Waals surface area contributed by atoms with Gasteiger partial charge in [-0.15, -0.1) is 0 Å². The Balaban J connectivity index is 0.00000121. The molecule has 0 aliphatic heterocycles. The average Bonchev–Trinajstić information content (AvgIpc) is 2.81. The van der Waals surface area contributed by atoms with Crippen LogP contribution in [0.25, 0.3) is 0 Å². The molecule has 1 saturated carbocycles. The zero-order chi connectivity index (χ0) is 24.5. The van der Waals surface area contributed by atoms with Gasteiger partial charge in [-0.25, -0.2) is 0 Å². The summed E-state index contributed by atoms with van der Waals surface area (Å²) in [7, 11) is 3.39. The minimum Gasteiger partial charge on any atom is -0.504 e. The fraction of sp³-hybridized carbons (Fsp3) is 0.786. The molecule has 32 heavy (non-hydrogen) atoms. The third-order valence-electron chi connectivity index (χ3n) is 7.53. The highest BCUT2D eigenvalue weighted by Crippen LogP contribution is 2.60. The highest BCUT2D eigenvalue weighted by molar-refractivity contribution is 5.55. The van der Waals surface area contributed by atoms with Crippen LogP contribution in [0.2, 0.25) is 0 Å². The molecule has 186 valence electrons. The van der Waals surface area contributed by atoms with E-state index in [1.54, 1.807) is 14.2 Å². The van der Waals surface area contributed by atoms with Gasteiger partial charge >= 0.3 is 0 Å². The highest BCUT2D eigenvalue weighted by Gasteiger charge is 2.55. The van der Waals surface area contributed by atoms with E-state index in [4.69, 9.17) is 9.47 Å². The maximum Gasteiger partial charge on any atom is 0.161 e. The normalized spacial score (nSPS) is 29.3. The average molecular weight is 451 g/mol. The van der Waals surface area contributed by atoms with Crippen LogP contribution < -0.4 is 4.74 Å². The molecule has 5 unspecified atom stereocenters. The van der Waals surface area contributed by atoms with E-state index in [-0.39, 0.29) is 23.5 Å². The molecule has 1 fully saturated rings.